The van der Waals surface area contributed by atoms with Crippen molar-refractivity contribution in [2.24, 2.45) is 5.41 Å². The average Bonchev–Trinajstić information content (AvgIpc) is 2.92. The molecule has 0 aromatic carbocycles. The zero-order valence-corrected chi connectivity index (χ0v) is 9.14. The SMILES string of the molecule is CC1(C(=O)CC2CCCCCN2)CC1. The summed E-state index contributed by atoms with van der Waals surface area (Å²) in [5.74, 6) is 0.497. The van der Waals surface area contributed by atoms with Gasteiger partial charge in [0.2, 0.25) is 0 Å². The number of Topliss-reactive ketones (excluding diaryl/α,β-unsaturated/α-hetero) is 1. The first kappa shape index (κ1) is 10.2. The quantitative estimate of drug-likeness (QED) is 0.748. The Morgan fingerprint density at radius 1 is 1.36 bits per heavy atom. The number of carbonyl (C=O) groups excluding carboxylic acids is 1. The van der Waals surface area contributed by atoms with Gasteiger partial charge in [0, 0.05) is 17.9 Å². The van der Waals surface area contributed by atoms with E-state index >= 15 is 0 Å². The molecule has 1 saturated heterocycles. The van der Waals surface area contributed by atoms with E-state index < -0.39 is 0 Å². The zero-order chi connectivity index (χ0) is 10.0. The summed E-state index contributed by atoms with van der Waals surface area (Å²) >= 11 is 0. The van der Waals surface area contributed by atoms with E-state index in [0.29, 0.717) is 11.8 Å². The number of nitrogens with one attached hydrogen (secondary N) is 1. The maximum Gasteiger partial charge on any atom is 0.140 e. The maximum absolute atomic E-state index is 11.9. The monoisotopic (exact) mass is 195 g/mol. The molecule has 1 atom stereocenters. The van der Waals surface area contributed by atoms with Gasteiger partial charge in [-0.15, -0.1) is 0 Å². The van der Waals surface area contributed by atoms with Crippen LogP contribution >= 0.6 is 0 Å². The average molecular weight is 195 g/mol. The van der Waals surface area contributed by atoms with Gasteiger partial charge in [0.15, 0.2) is 0 Å². The molecule has 2 nitrogen and oxygen atoms in total. The van der Waals surface area contributed by atoms with Gasteiger partial charge >= 0.3 is 0 Å². The van der Waals surface area contributed by atoms with Gasteiger partial charge in [0.25, 0.3) is 0 Å². The molecular weight excluding hydrogens is 174 g/mol. The fourth-order valence-electron chi connectivity index (χ4n) is 2.21. The minimum atomic E-state index is 0.0774. The number of hydrogen-bond donors (Lipinski definition) is 1. The second-order valence-corrected chi connectivity index (χ2v) is 5.19. The molecule has 1 unspecified atom stereocenters. The van der Waals surface area contributed by atoms with Crippen molar-refractivity contribution in [3.63, 3.8) is 0 Å². The van der Waals surface area contributed by atoms with Crippen LogP contribution in [0.2, 0.25) is 0 Å². The van der Waals surface area contributed by atoms with E-state index in [2.05, 4.69) is 12.2 Å². The Balaban J connectivity index is 1.80. The molecule has 1 saturated carbocycles. The highest BCUT2D eigenvalue weighted by molar-refractivity contribution is 5.87. The van der Waals surface area contributed by atoms with E-state index in [9.17, 15) is 4.79 Å². The van der Waals surface area contributed by atoms with Gasteiger partial charge in [-0.25, -0.2) is 0 Å². The van der Waals surface area contributed by atoms with E-state index in [0.717, 1.165) is 25.8 Å². The summed E-state index contributed by atoms with van der Waals surface area (Å²) in [5.41, 5.74) is 0.0774. The summed E-state index contributed by atoms with van der Waals surface area (Å²) in [4.78, 5) is 11.9. The van der Waals surface area contributed by atoms with Crippen molar-refractivity contribution in [3.8, 4) is 0 Å². The van der Waals surface area contributed by atoms with Crippen LogP contribution in [0.3, 0.4) is 0 Å². The molecule has 2 heteroatoms. The minimum Gasteiger partial charge on any atom is -0.314 e. The largest absolute Gasteiger partial charge is 0.314 e. The highest BCUT2D eigenvalue weighted by Gasteiger charge is 2.44. The smallest absolute Gasteiger partial charge is 0.140 e. The van der Waals surface area contributed by atoms with Crippen LogP contribution in [0.15, 0.2) is 0 Å². The van der Waals surface area contributed by atoms with Gasteiger partial charge < -0.3 is 5.32 Å². The first-order valence-electron chi connectivity index (χ1n) is 5.97. The molecule has 0 bridgehead atoms. The molecule has 0 radical (unpaired) electrons. The number of ketones is 1. The Kier molecular flexibility index (Phi) is 2.91. The van der Waals surface area contributed by atoms with Crippen molar-refractivity contribution in [1.82, 2.24) is 5.32 Å². The van der Waals surface area contributed by atoms with Crippen LogP contribution in [-0.4, -0.2) is 18.4 Å². The minimum absolute atomic E-state index is 0.0774. The van der Waals surface area contributed by atoms with E-state index in [1.165, 1.54) is 25.7 Å². The molecule has 2 aliphatic rings. The lowest BCUT2D eigenvalue weighted by molar-refractivity contribution is -0.124. The van der Waals surface area contributed by atoms with Crippen molar-refractivity contribution in [3.05, 3.63) is 0 Å². The van der Waals surface area contributed by atoms with Crippen LogP contribution < -0.4 is 5.32 Å². The van der Waals surface area contributed by atoms with Crippen molar-refractivity contribution >= 4 is 5.78 Å². The summed E-state index contributed by atoms with van der Waals surface area (Å²) in [6.45, 7) is 3.22. The van der Waals surface area contributed by atoms with Gasteiger partial charge in [0.05, 0.1) is 0 Å². The molecular formula is C12H21NO. The lowest BCUT2D eigenvalue weighted by Crippen LogP contribution is -2.32. The van der Waals surface area contributed by atoms with E-state index in [1.807, 2.05) is 0 Å². The molecule has 1 N–H and O–H groups in total. The van der Waals surface area contributed by atoms with Crippen molar-refractivity contribution in [1.29, 1.82) is 0 Å². The Morgan fingerprint density at radius 2 is 2.14 bits per heavy atom. The molecule has 2 rings (SSSR count). The van der Waals surface area contributed by atoms with Crippen LogP contribution in [0.4, 0.5) is 0 Å². The molecule has 1 aliphatic carbocycles. The highest BCUT2D eigenvalue weighted by Crippen LogP contribution is 2.46. The summed E-state index contributed by atoms with van der Waals surface area (Å²) in [6, 6.07) is 0.474. The molecule has 1 aliphatic heterocycles. The Bertz CT molecular complexity index is 212. The van der Waals surface area contributed by atoms with Crippen molar-refractivity contribution in [2.45, 2.75) is 57.9 Å². The Labute approximate surface area is 86.5 Å². The first-order chi connectivity index (χ1) is 6.71. The first-order valence-corrected chi connectivity index (χ1v) is 5.97. The molecule has 14 heavy (non-hydrogen) atoms. The number of hydrogen-bond acceptors (Lipinski definition) is 2. The fraction of sp³-hybridized carbons (Fsp3) is 0.917. The third-order valence-corrected chi connectivity index (χ3v) is 3.77. The fourth-order valence-corrected chi connectivity index (χ4v) is 2.21. The van der Waals surface area contributed by atoms with Gasteiger partial charge in [-0.3, -0.25) is 4.79 Å². The predicted molar refractivity (Wildman–Crippen MR) is 57.2 cm³/mol. The van der Waals surface area contributed by atoms with Gasteiger partial charge in [0.1, 0.15) is 5.78 Å². The predicted octanol–water partition coefficient (Wildman–Crippen LogP) is 2.28. The maximum atomic E-state index is 11.9. The molecule has 1 heterocycles. The van der Waals surface area contributed by atoms with Gasteiger partial charge in [-0.05, 0) is 32.2 Å². The lowest BCUT2D eigenvalue weighted by atomic mass is 9.95. The molecule has 0 amide bonds. The Hall–Kier alpha value is -0.370. The highest BCUT2D eigenvalue weighted by atomic mass is 16.1. The van der Waals surface area contributed by atoms with Crippen LogP contribution in [0.5, 0.6) is 0 Å². The van der Waals surface area contributed by atoms with Gasteiger partial charge in [-0.2, -0.15) is 0 Å². The van der Waals surface area contributed by atoms with Crippen molar-refractivity contribution < 1.29 is 4.79 Å². The summed E-state index contributed by atoms with van der Waals surface area (Å²) in [7, 11) is 0. The Morgan fingerprint density at radius 3 is 2.86 bits per heavy atom. The second kappa shape index (κ2) is 4.01. The summed E-state index contributed by atoms with van der Waals surface area (Å²) in [5, 5.41) is 3.49. The van der Waals surface area contributed by atoms with Gasteiger partial charge in [-0.1, -0.05) is 19.8 Å². The molecule has 0 spiro atoms. The molecule has 80 valence electrons. The lowest BCUT2D eigenvalue weighted by Gasteiger charge is -2.16. The third kappa shape index (κ3) is 2.35. The van der Waals surface area contributed by atoms with Crippen molar-refractivity contribution in [2.75, 3.05) is 6.54 Å². The van der Waals surface area contributed by atoms with Crippen LogP contribution in [-0.2, 0) is 4.79 Å². The van der Waals surface area contributed by atoms with Crippen LogP contribution in [0.25, 0.3) is 0 Å². The second-order valence-electron chi connectivity index (χ2n) is 5.19. The van der Waals surface area contributed by atoms with E-state index in [4.69, 9.17) is 0 Å². The third-order valence-electron chi connectivity index (χ3n) is 3.77. The topological polar surface area (TPSA) is 29.1 Å². The van der Waals surface area contributed by atoms with E-state index in [1.54, 1.807) is 0 Å². The standard InChI is InChI=1S/C12H21NO/c1-12(6-7-12)11(14)9-10-5-3-2-4-8-13-10/h10,13H,2-9H2,1H3. The summed E-state index contributed by atoms with van der Waals surface area (Å²) < 4.78 is 0. The summed E-state index contributed by atoms with van der Waals surface area (Å²) in [6.07, 6.45) is 8.12. The molecule has 0 aromatic rings. The molecule has 0 aromatic heterocycles. The molecule has 2 fully saturated rings. The van der Waals surface area contributed by atoms with E-state index in [-0.39, 0.29) is 5.41 Å². The van der Waals surface area contributed by atoms with Crippen LogP contribution in [0, 0.1) is 5.41 Å². The number of carbonyl (C=O) groups is 1. The number of rotatable bonds is 3. The zero-order valence-electron chi connectivity index (χ0n) is 9.14. The van der Waals surface area contributed by atoms with Crippen LogP contribution in [0.1, 0.15) is 51.9 Å². The normalized spacial score (nSPS) is 30.8.